The zero-order valence-electron chi connectivity index (χ0n) is 17.9. The maximum absolute atomic E-state index is 6.04. The summed E-state index contributed by atoms with van der Waals surface area (Å²) in [6, 6.07) is 12.5. The highest BCUT2D eigenvalue weighted by atomic mass is 35.5. The molecular weight excluding hydrogens is 452 g/mol. The minimum atomic E-state index is 0.586. The molecule has 33 heavy (non-hydrogen) atoms. The summed E-state index contributed by atoms with van der Waals surface area (Å²) >= 11 is 7.58. The number of benzene rings is 1. The maximum atomic E-state index is 6.04. The third kappa shape index (κ3) is 4.15. The first kappa shape index (κ1) is 20.5. The van der Waals surface area contributed by atoms with E-state index in [1.165, 1.54) is 33.4 Å². The fraction of sp³-hybridized carbons (Fsp3) is 0.200. The molecule has 8 heteroatoms. The largest absolute Gasteiger partial charge is 0.342 e. The van der Waals surface area contributed by atoms with E-state index < -0.39 is 0 Å². The summed E-state index contributed by atoms with van der Waals surface area (Å²) in [5, 5.41) is 1.29. The van der Waals surface area contributed by atoms with Crippen molar-refractivity contribution in [2.24, 2.45) is 0 Å². The Hall–Kier alpha value is -3.13. The average Bonchev–Trinajstić information content (AvgIpc) is 3.42. The summed E-state index contributed by atoms with van der Waals surface area (Å²) < 4.78 is 2.89. The van der Waals surface area contributed by atoms with Gasteiger partial charge in [0, 0.05) is 83.9 Å². The molecule has 5 aromatic rings. The molecule has 5 heterocycles. The van der Waals surface area contributed by atoms with Crippen molar-refractivity contribution in [3.8, 4) is 11.4 Å². The van der Waals surface area contributed by atoms with Gasteiger partial charge in [0.05, 0.1) is 12.2 Å². The number of rotatable bonds is 5. The van der Waals surface area contributed by atoms with Crippen LogP contribution in [-0.4, -0.2) is 35.9 Å². The highest BCUT2D eigenvalue weighted by molar-refractivity contribution is 7.15. The average molecular weight is 473 g/mol. The quantitative estimate of drug-likeness (QED) is 0.351. The predicted molar refractivity (Wildman–Crippen MR) is 131 cm³/mol. The van der Waals surface area contributed by atoms with Gasteiger partial charge >= 0.3 is 0 Å². The van der Waals surface area contributed by atoms with Crippen molar-refractivity contribution < 1.29 is 0 Å². The molecule has 1 aliphatic heterocycles. The Morgan fingerprint density at radius 3 is 2.73 bits per heavy atom. The smallest absolute Gasteiger partial charge is 0.183 e. The number of nitrogens with zero attached hydrogens (tertiary/aromatic N) is 6. The van der Waals surface area contributed by atoms with E-state index in [4.69, 9.17) is 16.6 Å². The molecule has 0 spiro atoms. The van der Waals surface area contributed by atoms with Crippen molar-refractivity contribution in [3.05, 3.63) is 93.5 Å². The van der Waals surface area contributed by atoms with Crippen LogP contribution in [0.4, 0.5) is 0 Å². The van der Waals surface area contributed by atoms with E-state index in [1.807, 2.05) is 24.5 Å². The zero-order chi connectivity index (χ0) is 22.2. The van der Waals surface area contributed by atoms with Crippen LogP contribution in [0.15, 0.2) is 67.4 Å². The van der Waals surface area contributed by atoms with E-state index in [1.54, 1.807) is 12.4 Å². The number of hydrogen-bond donors (Lipinski definition) is 0. The molecule has 0 N–H and O–H groups in total. The van der Waals surface area contributed by atoms with Crippen LogP contribution in [0.2, 0.25) is 4.47 Å². The van der Waals surface area contributed by atoms with E-state index in [0.717, 1.165) is 54.6 Å². The minimum absolute atomic E-state index is 0.586. The van der Waals surface area contributed by atoms with Gasteiger partial charge in [-0.1, -0.05) is 29.8 Å². The molecule has 1 aliphatic rings. The molecule has 0 radical (unpaired) electrons. The molecule has 0 aliphatic carbocycles. The van der Waals surface area contributed by atoms with E-state index in [9.17, 15) is 0 Å². The van der Waals surface area contributed by atoms with Crippen LogP contribution in [0.5, 0.6) is 0 Å². The van der Waals surface area contributed by atoms with Crippen molar-refractivity contribution in [1.29, 1.82) is 0 Å². The van der Waals surface area contributed by atoms with Gasteiger partial charge in [0.25, 0.3) is 0 Å². The number of para-hydroxylation sites is 1. The lowest BCUT2D eigenvalue weighted by Crippen LogP contribution is -2.30. The Labute approximate surface area is 200 Å². The zero-order valence-corrected chi connectivity index (χ0v) is 19.4. The second-order valence-corrected chi connectivity index (χ2v) is 9.94. The van der Waals surface area contributed by atoms with Crippen LogP contribution in [0.1, 0.15) is 21.7 Å². The molecule has 6 rings (SSSR count). The number of fused-ring (bicyclic) bond motifs is 2. The third-order valence-corrected chi connectivity index (χ3v) is 7.17. The lowest BCUT2D eigenvalue weighted by Gasteiger charge is -2.27. The fourth-order valence-corrected chi connectivity index (χ4v) is 5.47. The number of aromatic nitrogens is 5. The molecule has 6 nitrogen and oxygen atoms in total. The van der Waals surface area contributed by atoms with Crippen LogP contribution in [-0.2, 0) is 26.1 Å². The summed E-state index contributed by atoms with van der Waals surface area (Å²) in [7, 11) is 0. The summed E-state index contributed by atoms with van der Waals surface area (Å²) in [5.41, 5.74) is 5.93. The first-order chi connectivity index (χ1) is 16.2. The van der Waals surface area contributed by atoms with Crippen molar-refractivity contribution in [1.82, 2.24) is 29.4 Å². The van der Waals surface area contributed by atoms with E-state index >= 15 is 0 Å². The fourth-order valence-electron chi connectivity index (χ4n) is 4.49. The first-order valence-electron chi connectivity index (χ1n) is 10.9. The van der Waals surface area contributed by atoms with Gasteiger partial charge in [-0.25, -0.2) is 15.0 Å². The molecule has 0 saturated heterocycles. The molecule has 0 atom stereocenters. The van der Waals surface area contributed by atoms with Crippen molar-refractivity contribution in [2.45, 2.75) is 26.1 Å². The molecule has 0 saturated carbocycles. The number of thiazole rings is 1. The van der Waals surface area contributed by atoms with Crippen LogP contribution < -0.4 is 0 Å². The van der Waals surface area contributed by atoms with Gasteiger partial charge in [-0.05, 0) is 23.8 Å². The second kappa shape index (κ2) is 8.67. The standard InChI is InChI=1S/C25H21ClN6S/c26-25-29-12-20(33-25)16-32-15-19(21-3-1-2-4-23(21)32)14-31-10-7-22-18(13-31)11-28-24(30-22)17-5-8-27-9-6-17/h1-6,8-9,11-12,15H,7,10,13-14,16H2. The normalized spacial score (nSPS) is 14.0. The molecule has 0 unspecified atom stereocenters. The van der Waals surface area contributed by atoms with Gasteiger partial charge in [0.1, 0.15) is 0 Å². The monoisotopic (exact) mass is 472 g/mol. The van der Waals surface area contributed by atoms with Crippen LogP contribution in [0, 0.1) is 0 Å². The lowest BCUT2D eigenvalue weighted by atomic mass is 10.1. The minimum Gasteiger partial charge on any atom is -0.342 e. The Balaban J connectivity index is 1.24. The molecule has 0 bridgehead atoms. The topological polar surface area (TPSA) is 59.7 Å². The van der Waals surface area contributed by atoms with Crippen LogP contribution >= 0.6 is 22.9 Å². The Kier molecular flexibility index (Phi) is 5.38. The Morgan fingerprint density at radius 1 is 1.00 bits per heavy atom. The highest BCUT2D eigenvalue weighted by Crippen LogP contribution is 2.28. The molecule has 0 amide bonds. The summed E-state index contributed by atoms with van der Waals surface area (Å²) in [4.78, 5) is 21.4. The van der Waals surface area contributed by atoms with E-state index in [0.29, 0.717) is 4.47 Å². The van der Waals surface area contributed by atoms with Gasteiger partial charge in [-0.2, -0.15) is 0 Å². The summed E-state index contributed by atoms with van der Waals surface area (Å²) in [5.74, 6) is 0.774. The molecule has 4 aromatic heterocycles. The SMILES string of the molecule is Clc1ncc(Cn2cc(CN3CCc4nc(-c5ccncc5)ncc4C3)c3ccccc32)s1. The summed E-state index contributed by atoms with van der Waals surface area (Å²) in [6.07, 6.45) is 10.6. The van der Waals surface area contributed by atoms with Crippen molar-refractivity contribution in [2.75, 3.05) is 6.54 Å². The van der Waals surface area contributed by atoms with Crippen LogP contribution in [0.3, 0.4) is 0 Å². The summed E-state index contributed by atoms with van der Waals surface area (Å²) in [6.45, 7) is 3.50. The number of pyridine rings is 1. The van der Waals surface area contributed by atoms with Gasteiger partial charge in [-0.3, -0.25) is 9.88 Å². The number of halogens is 1. The van der Waals surface area contributed by atoms with Crippen LogP contribution in [0.25, 0.3) is 22.3 Å². The molecule has 1 aromatic carbocycles. The van der Waals surface area contributed by atoms with Gasteiger partial charge in [-0.15, -0.1) is 11.3 Å². The molecular formula is C25H21ClN6S. The predicted octanol–water partition coefficient (Wildman–Crippen LogP) is 5.21. The van der Waals surface area contributed by atoms with Gasteiger partial charge < -0.3 is 4.57 Å². The molecule has 0 fully saturated rings. The number of hydrogen-bond acceptors (Lipinski definition) is 6. The van der Waals surface area contributed by atoms with Crippen molar-refractivity contribution >= 4 is 33.8 Å². The maximum Gasteiger partial charge on any atom is 0.183 e. The Bertz CT molecular complexity index is 1430. The Morgan fingerprint density at radius 2 is 1.88 bits per heavy atom. The highest BCUT2D eigenvalue weighted by Gasteiger charge is 2.20. The van der Waals surface area contributed by atoms with Gasteiger partial charge in [0.15, 0.2) is 10.3 Å². The molecule has 164 valence electrons. The van der Waals surface area contributed by atoms with Crippen molar-refractivity contribution in [3.63, 3.8) is 0 Å². The van der Waals surface area contributed by atoms with Gasteiger partial charge in [0.2, 0.25) is 0 Å². The third-order valence-electron chi connectivity index (χ3n) is 6.07. The lowest BCUT2D eigenvalue weighted by molar-refractivity contribution is 0.243. The van der Waals surface area contributed by atoms with E-state index in [2.05, 4.69) is 54.9 Å². The second-order valence-electron chi connectivity index (χ2n) is 8.24. The first-order valence-corrected chi connectivity index (χ1v) is 12.1. The van der Waals surface area contributed by atoms with E-state index in [-0.39, 0.29) is 0 Å².